The second-order valence-electron chi connectivity index (χ2n) is 6.73. The molecule has 1 fully saturated rings. The normalized spacial score (nSPS) is 20.9. The van der Waals surface area contributed by atoms with Gasteiger partial charge in [-0.15, -0.1) is 0 Å². The smallest absolute Gasteiger partial charge is 0.227 e. The lowest BCUT2D eigenvalue weighted by atomic mass is 9.98. The van der Waals surface area contributed by atoms with Gasteiger partial charge in [0.15, 0.2) is 0 Å². The molecule has 1 aromatic carbocycles. The van der Waals surface area contributed by atoms with Crippen molar-refractivity contribution < 1.29 is 9.59 Å². The van der Waals surface area contributed by atoms with E-state index in [0.29, 0.717) is 6.42 Å². The standard InChI is InChI=1S/C19H20N4O2/c1-12(24)22-14-4-2-13(3-5-14)8-19(25)23-15-6-7-18(23)16-10-20-11-21-17(16)9-15/h2-5,10-11,15,18H,6-9H2,1H3,(H,22,24). The summed E-state index contributed by atoms with van der Waals surface area (Å²) in [5.41, 5.74) is 3.89. The molecule has 1 N–H and O–H groups in total. The van der Waals surface area contributed by atoms with Gasteiger partial charge in [0.25, 0.3) is 0 Å². The molecule has 1 saturated heterocycles. The Labute approximate surface area is 146 Å². The summed E-state index contributed by atoms with van der Waals surface area (Å²) in [5.74, 6) is 0.0453. The van der Waals surface area contributed by atoms with Crippen LogP contribution in [0.4, 0.5) is 5.69 Å². The molecule has 2 aliphatic heterocycles. The topological polar surface area (TPSA) is 75.2 Å². The van der Waals surface area contributed by atoms with Gasteiger partial charge in [-0.25, -0.2) is 9.97 Å². The lowest BCUT2D eigenvalue weighted by molar-refractivity contribution is -0.134. The third-order valence-corrected chi connectivity index (χ3v) is 5.04. The average molecular weight is 336 g/mol. The first-order valence-electron chi connectivity index (χ1n) is 8.58. The molecule has 6 heteroatoms. The van der Waals surface area contributed by atoms with E-state index in [0.717, 1.165) is 41.8 Å². The van der Waals surface area contributed by atoms with Gasteiger partial charge in [0.05, 0.1) is 18.2 Å². The Morgan fingerprint density at radius 2 is 2.04 bits per heavy atom. The molecule has 2 bridgehead atoms. The monoisotopic (exact) mass is 336 g/mol. The third kappa shape index (κ3) is 2.99. The van der Waals surface area contributed by atoms with Crippen LogP contribution in [0.15, 0.2) is 36.8 Å². The van der Waals surface area contributed by atoms with Crippen LogP contribution in [0.1, 0.15) is 42.6 Å². The highest BCUT2D eigenvalue weighted by atomic mass is 16.2. The van der Waals surface area contributed by atoms with Crippen LogP contribution in [0.5, 0.6) is 0 Å². The molecule has 6 nitrogen and oxygen atoms in total. The van der Waals surface area contributed by atoms with Crippen molar-refractivity contribution in [3.05, 3.63) is 53.6 Å². The van der Waals surface area contributed by atoms with Crippen LogP contribution in [0.3, 0.4) is 0 Å². The highest BCUT2D eigenvalue weighted by Crippen LogP contribution is 2.42. The quantitative estimate of drug-likeness (QED) is 0.933. The minimum absolute atomic E-state index is 0.102. The van der Waals surface area contributed by atoms with Crippen molar-refractivity contribution in [3.8, 4) is 0 Å². The van der Waals surface area contributed by atoms with Crippen LogP contribution in [0.25, 0.3) is 0 Å². The molecule has 128 valence electrons. The SMILES string of the molecule is CC(=O)Nc1ccc(CC(=O)N2C3CCC2c2cncnc2C3)cc1. The van der Waals surface area contributed by atoms with Crippen molar-refractivity contribution in [1.82, 2.24) is 14.9 Å². The van der Waals surface area contributed by atoms with Gasteiger partial charge in [-0.2, -0.15) is 0 Å². The number of fused-ring (bicyclic) bond motifs is 4. The molecule has 0 aliphatic carbocycles. The van der Waals surface area contributed by atoms with E-state index in [2.05, 4.69) is 15.3 Å². The first-order valence-corrected chi connectivity index (χ1v) is 8.58. The van der Waals surface area contributed by atoms with Crippen LogP contribution in [-0.4, -0.2) is 32.7 Å². The lowest BCUT2D eigenvalue weighted by Gasteiger charge is -2.35. The Kier molecular flexibility index (Phi) is 3.95. The van der Waals surface area contributed by atoms with Gasteiger partial charge in [-0.05, 0) is 30.5 Å². The Balaban J connectivity index is 1.50. The summed E-state index contributed by atoms with van der Waals surface area (Å²) in [6.45, 7) is 1.48. The number of benzene rings is 1. The van der Waals surface area contributed by atoms with E-state index in [4.69, 9.17) is 0 Å². The van der Waals surface area contributed by atoms with Crippen molar-refractivity contribution in [1.29, 1.82) is 0 Å². The molecular weight excluding hydrogens is 316 g/mol. The summed E-state index contributed by atoms with van der Waals surface area (Å²) in [6, 6.07) is 7.81. The minimum atomic E-state index is -0.102. The number of anilines is 1. The van der Waals surface area contributed by atoms with Crippen molar-refractivity contribution in [2.45, 2.75) is 44.7 Å². The molecular formula is C19H20N4O2. The van der Waals surface area contributed by atoms with E-state index in [9.17, 15) is 9.59 Å². The molecule has 2 amide bonds. The Bertz CT molecular complexity index is 818. The Morgan fingerprint density at radius 3 is 2.80 bits per heavy atom. The van der Waals surface area contributed by atoms with Crippen LogP contribution >= 0.6 is 0 Å². The number of aromatic nitrogens is 2. The maximum atomic E-state index is 12.9. The summed E-state index contributed by atoms with van der Waals surface area (Å²) >= 11 is 0. The van der Waals surface area contributed by atoms with Gasteiger partial charge in [-0.1, -0.05) is 12.1 Å². The molecule has 0 saturated carbocycles. The summed E-state index contributed by atoms with van der Waals surface area (Å²) in [6.07, 6.45) is 6.65. The van der Waals surface area contributed by atoms with E-state index in [-0.39, 0.29) is 23.9 Å². The summed E-state index contributed by atoms with van der Waals surface area (Å²) < 4.78 is 0. The fraction of sp³-hybridized carbons (Fsp3) is 0.368. The molecule has 3 heterocycles. The third-order valence-electron chi connectivity index (χ3n) is 5.04. The number of carbonyl (C=O) groups is 2. The van der Waals surface area contributed by atoms with Gasteiger partial charge in [-0.3, -0.25) is 9.59 Å². The van der Waals surface area contributed by atoms with E-state index < -0.39 is 0 Å². The van der Waals surface area contributed by atoms with Crippen molar-refractivity contribution >= 4 is 17.5 Å². The van der Waals surface area contributed by atoms with Crippen LogP contribution < -0.4 is 5.32 Å². The zero-order valence-corrected chi connectivity index (χ0v) is 14.1. The van der Waals surface area contributed by atoms with Crippen LogP contribution in [-0.2, 0) is 22.4 Å². The van der Waals surface area contributed by atoms with Gasteiger partial charge >= 0.3 is 0 Å². The second-order valence-corrected chi connectivity index (χ2v) is 6.73. The Hall–Kier alpha value is -2.76. The number of nitrogens with one attached hydrogen (secondary N) is 1. The van der Waals surface area contributed by atoms with Crippen LogP contribution in [0, 0.1) is 0 Å². The van der Waals surface area contributed by atoms with Crippen molar-refractivity contribution in [2.75, 3.05) is 5.32 Å². The van der Waals surface area contributed by atoms with E-state index in [1.54, 1.807) is 6.33 Å². The highest BCUT2D eigenvalue weighted by Gasteiger charge is 2.42. The van der Waals surface area contributed by atoms with Gasteiger partial charge < -0.3 is 10.2 Å². The maximum Gasteiger partial charge on any atom is 0.227 e. The molecule has 1 aromatic heterocycles. The number of nitrogens with zero attached hydrogens (tertiary/aromatic N) is 3. The van der Waals surface area contributed by atoms with E-state index >= 15 is 0 Å². The lowest BCUT2D eigenvalue weighted by Crippen LogP contribution is -2.43. The summed E-state index contributed by atoms with van der Waals surface area (Å²) in [5, 5.41) is 2.74. The van der Waals surface area contributed by atoms with Gasteiger partial charge in [0.2, 0.25) is 11.8 Å². The first kappa shape index (κ1) is 15.7. The number of hydrogen-bond acceptors (Lipinski definition) is 4. The largest absolute Gasteiger partial charge is 0.332 e. The molecule has 0 radical (unpaired) electrons. The minimum Gasteiger partial charge on any atom is -0.332 e. The fourth-order valence-electron chi connectivity index (χ4n) is 3.98. The molecule has 0 spiro atoms. The maximum absolute atomic E-state index is 12.9. The average Bonchev–Trinajstić information content (AvgIpc) is 2.91. The van der Waals surface area contributed by atoms with Crippen molar-refractivity contribution in [3.63, 3.8) is 0 Å². The molecule has 25 heavy (non-hydrogen) atoms. The van der Waals surface area contributed by atoms with Gasteiger partial charge in [0, 0.05) is 36.8 Å². The first-order chi connectivity index (χ1) is 12.1. The second kappa shape index (κ2) is 6.27. The molecule has 4 rings (SSSR count). The number of amides is 2. The Morgan fingerprint density at radius 1 is 1.24 bits per heavy atom. The number of rotatable bonds is 3. The summed E-state index contributed by atoms with van der Waals surface area (Å²) in [4.78, 5) is 34.6. The molecule has 2 unspecified atom stereocenters. The molecule has 2 aromatic rings. The predicted molar refractivity (Wildman–Crippen MR) is 92.8 cm³/mol. The zero-order chi connectivity index (χ0) is 17.4. The fourth-order valence-corrected chi connectivity index (χ4v) is 3.98. The zero-order valence-electron chi connectivity index (χ0n) is 14.1. The van der Waals surface area contributed by atoms with E-state index in [1.165, 1.54) is 6.92 Å². The van der Waals surface area contributed by atoms with Crippen LogP contribution in [0.2, 0.25) is 0 Å². The van der Waals surface area contributed by atoms with Gasteiger partial charge in [0.1, 0.15) is 6.33 Å². The molecule has 2 atom stereocenters. The number of hydrogen-bond donors (Lipinski definition) is 1. The molecule has 2 aliphatic rings. The van der Waals surface area contributed by atoms with E-state index in [1.807, 2.05) is 35.4 Å². The highest BCUT2D eigenvalue weighted by molar-refractivity contribution is 5.88. The number of carbonyl (C=O) groups excluding carboxylic acids is 2. The summed E-state index contributed by atoms with van der Waals surface area (Å²) in [7, 11) is 0. The van der Waals surface area contributed by atoms with Crippen molar-refractivity contribution in [2.24, 2.45) is 0 Å². The predicted octanol–water partition coefficient (Wildman–Crippen LogP) is 2.27.